The van der Waals surface area contributed by atoms with Crippen molar-refractivity contribution in [2.24, 2.45) is 0 Å². The summed E-state index contributed by atoms with van der Waals surface area (Å²) in [4.78, 5) is 43.5. The number of amides is 4. The molecule has 1 aliphatic heterocycles. The fraction of sp³-hybridized carbons (Fsp3) is 0.414. The predicted octanol–water partition coefficient (Wildman–Crippen LogP) is 4.26. The van der Waals surface area contributed by atoms with Crippen LogP contribution in [-0.2, 0) is 4.79 Å². The van der Waals surface area contributed by atoms with Crippen LogP contribution in [0.5, 0.6) is 0 Å². The van der Waals surface area contributed by atoms with Crippen molar-refractivity contribution in [3.63, 3.8) is 0 Å². The second kappa shape index (κ2) is 13.1. The van der Waals surface area contributed by atoms with Crippen LogP contribution in [0.25, 0.3) is 0 Å². The molecule has 9 heteroatoms. The maximum Gasteiger partial charge on any atom is 0.317 e. The summed E-state index contributed by atoms with van der Waals surface area (Å²) in [6, 6.07) is 13.1. The van der Waals surface area contributed by atoms with Crippen LogP contribution in [0.2, 0.25) is 0 Å². The van der Waals surface area contributed by atoms with Crippen molar-refractivity contribution in [2.75, 3.05) is 49.5 Å². The molecular weight excluding hydrogens is 485 g/mol. The average Bonchev–Trinajstić information content (AvgIpc) is 2.94. The highest BCUT2D eigenvalue weighted by atomic mass is 19.1. The van der Waals surface area contributed by atoms with Crippen LogP contribution in [0, 0.1) is 5.82 Å². The van der Waals surface area contributed by atoms with E-state index in [1.807, 2.05) is 29.2 Å². The molecule has 0 atom stereocenters. The molecular formula is C29H36FN5O3. The molecule has 2 aromatic carbocycles. The van der Waals surface area contributed by atoms with Gasteiger partial charge in [0.05, 0.1) is 0 Å². The van der Waals surface area contributed by atoms with Gasteiger partial charge in [0.15, 0.2) is 0 Å². The molecule has 8 nitrogen and oxygen atoms in total. The molecule has 0 radical (unpaired) electrons. The average molecular weight is 522 g/mol. The summed E-state index contributed by atoms with van der Waals surface area (Å²) < 4.78 is 13.2. The molecule has 2 fully saturated rings. The molecule has 2 aliphatic rings. The number of rotatable bonds is 8. The number of benzene rings is 2. The minimum absolute atomic E-state index is 0.0398. The number of carbonyl (C=O) groups excluding carboxylic acids is 3. The zero-order valence-electron chi connectivity index (χ0n) is 21.7. The van der Waals surface area contributed by atoms with Gasteiger partial charge in [-0.1, -0.05) is 25.3 Å². The lowest BCUT2D eigenvalue weighted by Crippen LogP contribution is -2.53. The summed E-state index contributed by atoms with van der Waals surface area (Å²) in [6.07, 6.45) is 7.34. The minimum atomic E-state index is -0.431. The van der Waals surface area contributed by atoms with Gasteiger partial charge in [0.25, 0.3) is 5.91 Å². The normalized spacial score (nSPS) is 16.0. The van der Waals surface area contributed by atoms with E-state index in [0.29, 0.717) is 30.4 Å². The molecule has 0 aromatic heterocycles. The van der Waals surface area contributed by atoms with Crippen molar-refractivity contribution in [1.29, 1.82) is 0 Å². The van der Waals surface area contributed by atoms with Gasteiger partial charge in [0.1, 0.15) is 12.4 Å². The third-order valence-corrected chi connectivity index (χ3v) is 7.08. The Morgan fingerprint density at radius 3 is 2.24 bits per heavy atom. The first-order valence-electron chi connectivity index (χ1n) is 13.3. The fourth-order valence-electron chi connectivity index (χ4n) is 4.96. The van der Waals surface area contributed by atoms with Crippen LogP contribution >= 0.6 is 0 Å². The summed E-state index contributed by atoms with van der Waals surface area (Å²) in [5.41, 5.74) is 1.95. The van der Waals surface area contributed by atoms with Crippen molar-refractivity contribution in [2.45, 2.75) is 38.1 Å². The molecule has 4 rings (SSSR count). The third-order valence-electron chi connectivity index (χ3n) is 7.08. The third kappa shape index (κ3) is 7.34. The maximum atomic E-state index is 13.2. The molecule has 38 heavy (non-hydrogen) atoms. The second-order valence-corrected chi connectivity index (χ2v) is 9.83. The topological polar surface area (TPSA) is 85.0 Å². The SMILES string of the molecule is C=CCN(CC(=O)Nc1ccc(N2CCN(C(=O)NC3CCCCC3)CC2)cc1)C(=O)c1ccc(F)cc1. The Morgan fingerprint density at radius 1 is 0.947 bits per heavy atom. The first-order chi connectivity index (χ1) is 18.4. The van der Waals surface area contributed by atoms with Gasteiger partial charge in [0, 0.05) is 55.7 Å². The van der Waals surface area contributed by atoms with Gasteiger partial charge >= 0.3 is 6.03 Å². The van der Waals surface area contributed by atoms with E-state index in [0.717, 1.165) is 31.6 Å². The lowest BCUT2D eigenvalue weighted by atomic mass is 9.96. The summed E-state index contributed by atoms with van der Waals surface area (Å²) in [5, 5.41) is 6.02. The van der Waals surface area contributed by atoms with Crippen LogP contribution in [0.1, 0.15) is 42.5 Å². The van der Waals surface area contributed by atoms with E-state index in [9.17, 15) is 18.8 Å². The maximum absolute atomic E-state index is 13.2. The zero-order chi connectivity index (χ0) is 26.9. The van der Waals surface area contributed by atoms with Gasteiger partial charge in [0.2, 0.25) is 5.91 Å². The molecule has 202 valence electrons. The fourth-order valence-corrected chi connectivity index (χ4v) is 4.96. The number of nitrogens with one attached hydrogen (secondary N) is 2. The van der Waals surface area contributed by atoms with Crippen LogP contribution in [0.3, 0.4) is 0 Å². The highest BCUT2D eigenvalue weighted by Gasteiger charge is 2.24. The molecule has 0 unspecified atom stereocenters. The van der Waals surface area contributed by atoms with Crippen molar-refractivity contribution < 1.29 is 18.8 Å². The van der Waals surface area contributed by atoms with Gasteiger partial charge < -0.3 is 25.3 Å². The van der Waals surface area contributed by atoms with E-state index in [4.69, 9.17) is 0 Å². The Labute approximate surface area is 223 Å². The molecule has 0 bridgehead atoms. The smallest absolute Gasteiger partial charge is 0.317 e. The minimum Gasteiger partial charge on any atom is -0.368 e. The monoisotopic (exact) mass is 521 g/mol. The first-order valence-corrected chi connectivity index (χ1v) is 13.3. The van der Waals surface area contributed by atoms with Crippen molar-refractivity contribution in [3.05, 3.63) is 72.6 Å². The van der Waals surface area contributed by atoms with E-state index < -0.39 is 5.82 Å². The number of nitrogens with zero attached hydrogens (tertiary/aromatic N) is 3. The number of halogens is 1. The number of anilines is 2. The molecule has 0 spiro atoms. The summed E-state index contributed by atoms with van der Waals surface area (Å²) in [5.74, 6) is -1.14. The molecule has 2 N–H and O–H groups in total. The number of hydrogen-bond donors (Lipinski definition) is 2. The second-order valence-electron chi connectivity index (χ2n) is 9.83. The number of piperazine rings is 1. The predicted molar refractivity (Wildman–Crippen MR) is 147 cm³/mol. The lowest BCUT2D eigenvalue weighted by Gasteiger charge is -2.37. The number of carbonyl (C=O) groups is 3. The quantitative estimate of drug-likeness (QED) is 0.509. The molecule has 1 aliphatic carbocycles. The number of urea groups is 1. The van der Waals surface area contributed by atoms with E-state index in [-0.39, 0.29) is 30.9 Å². The van der Waals surface area contributed by atoms with E-state index in [2.05, 4.69) is 22.1 Å². The Bertz CT molecular complexity index is 1110. The zero-order valence-corrected chi connectivity index (χ0v) is 21.7. The van der Waals surface area contributed by atoms with Gasteiger partial charge in [-0.15, -0.1) is 6.58 Å². The Hall–Kier alpha value is -3.88. The summed E-state index contributed by atoms with van der Waals surface area (Å²) >= 11 is 0. The number of hydrogen-bond acceptors (Lipinski definition) is 4. The van der Waals surface area contributed by atoms with Gasteiger partial charge in [-0.25, -0.2) is 9.18 Å². The van der Waals surface area contributed by atoms with Crippen LogP contribution < -0.4 is 15.5 Å². The largest absolute Gasteiger partial charge is 0.368 e. The molecule has 4 amide bonds. The van der Waals surface area contributed by atoms with Crippen LogP contribution in [0.4, 0.5) is 20.6 Å². The van der Waals surface area contributed by atoms with Crippen LogP contribution in [-0.4, -0.2) is 73.0 Å². The van der Waals surface area contributed by atoms with Gasteiger partial charge in [-0.05, 0) is 61.4 Å². The molecule has 1 heterocycles. The van der Waals surface area contributed by atoms with Gasteiger partial charge in [-0.2, -0.15) is 0 Å². The van der Waals surface area contributed by atoms with Crippen molar-refractivity contribution in [3.8, 4) is 0 Å². The van der Waals surface area contributed by atoms with E-state index in [1.165, 1.54) is 48.4 Å². The standard InChI is InChI=1S/C29H36FN5O3/c1-2-16-35(28(37)22-8-10-23(30)11-9-22)21-27(36)31-25-12-14-26(15-13-25)33-17-19-34(20-18-33)29(38)32-24-6-4-3-5-7-24/h2,8-15,24H,1,3-7,16-21H2,(H,31,36)(H,32,38). The Morgan fingerprint density at radius 2 is 1.61 bits per heavy atom. The summed E-state index contributed by atoms with van der Waals surface area (Å²) in [6.45, 7) is 6.50. The molecule has 1 saturated heterocycles. The highest BCUT2D eigenvalue weighted by molar-refractivity contribution is 5.99. The van der Waals surface area contributed by atoms with Crippen molar-refractivity contribution in [1.82, 2.24) is 15.1 Å². The van der Waals surface area contributed by atoms with E-state index in [1.54, 1.807) is 6.08 Å². The molecule has 1 saturated carbocycles. The van der Waals surface area contributed by atoms with Crippen LogP contribution in [0.15, 0.2) is 61.2 Å². The van der Waals surface area contributed by atoms with Gasteiger partial charge in [-0.3, -0.25) is 9.59 Å². The van der Waals surface area contributed by atoms with Crippen molar-refractivity contribution >= 4 is 29.2 Å². The Balaban J connectivity index is 1.25. The molecule has 2 aromatic rings. The first kappa shape index (κ1) is 27.2. The Kier molecular flexibility index (Phi) is 9.35. The van der Waals surface area contributed by atoms with E-state index >= 15 is 0 Å². The highest BCUT2D eigenvalue weighted by Crippen LogP contribution is 2.21. The summed E-state index contributed by atoms with van der Waals surface area (Å²) in [7, 11) is 0. The lowest BCUT2D eigenvalue weighted by molar-refractivity contribution is -0.116.